The molecule has 7 nitrogen and oxygen atoms in total. The van der Waals surface area contributed by atoms with Crippen molar-refractivity contribution in [3.8, 4) is 0 Å². The average Bonchev–Trinajstić information content (AvgIpc) is 2.74. The highest BCUT2D eigenvalue weighted by molar-refractivity contribution is 5.92. The van der Waals surface area contributed by atoms with Gasteiger partial charge in [0.2, 0.25) is 0 Å². The van der Waals surface area contributed by atoms with Crippen molar-refractivity contribution in [2.45, 2.75) is 52.1 Å². The van der Waals surface area contributed by atoms with Crippen molar-refractivity contribution >= 4 is 22.4 Å². The van der Waals surface area contributed by atoms with E-state index < -0.39 is 0 Å². The van der Waals surface area contributed by atoms with Gasteiger partial charge in [-0.2, -0.15) is 10.2 Å². The third-order valence-corrected chi connectivity index (χ3v) is 5.60. The molecule has 29 heavy (non-hydrogen) atoms. The van der Waals surface area contributed by atoms with Crippen LogP contribution < -0.4 is 15.8 Å². The summed E-state index contributed by atoms with van der Waals surface area (Å²) in [6.07, 6.45) is 3.39. The van der Waals surface area contributed by atoms with E-state index in [0.717, 1.165) is 54.0 Å². The molecule has 3 heterocycles. The molecule has 1 aliphatic rings. The number of rotatable bonds is 5. The minimum atomic E-state index is -0.0585. The van der Waals surface area contributed by atoms with Gasteiger partial charge in [-0.15, -0.1) is 5.10 Å². The summed E-state index contributed by atoms with van der Waals surface area (Å²) in [5.74, 6) is 1.68. The van der Waals surface area contributed by atoms with Gasteiger partial charge < -0.3 is 10.2 Å². The molecule has 4 rings (SSSR count). The molecule has 7 heteroatoms. The number of benzene rings is 1. The molecule has 0 aliphatic carbocycles. The highest BCUT2D eigenvalue weighted by Gasteiger charge is 2.24. The zero-order valence-corrected chi connectivity index (χ0v) is 17.3. The van der Waals surface area contributed by atoms with Gasteiger partial charge in [0.25, 0.3) is 5.56 Å². The number of aromatic nitrogens is 4. The maximum absolute atomic E-state index is 12.1. The van der Waals surface area contributed by atoms with E-state index in [4.69, 9.17) is 0 Å². The Morgan fingerprint density at radius 3 is 2.69 bits per heavy atom. The first kappa shape index (κ1) is 19.4. The van der Waals surface area contributed by atoms with Gasteiger partial charge in [0, 0.05) is 36.0 Å². The van der Waals surface area contributed by atoms with Gasteiger partial charge in [0.05, 0.1) is 11.7 Å². The Kier molecular flexibility index (Phi) is 5.47. The molecule has 1 atom stereocenters. The van der Waals surface area contributed by atoms with Crippen LogP contribution in [-0.2, 0) is 0 Å². The van der Waals surface area contributed by atoms with Crippen LogP contribution in [0.15, 0.2) is 41.2 Å². The van der Waals surface area contributed by atoms with Crippen LogP contribution >= 0.6 is 0 Å². The van der Waals surface area contributed by atoms with E-state index in [2.05, 4.69) is 37.6 Å². The molecule has 3 aromatic rings. The van der Waals surface area contributed by atoms with Crippen molar-refractivity contribution in [2.75, 3.05) is 23.3 Å². The molecule has 1 fully saturated rings. The molecule has 152 valence electrons. The summed E-state index contributed by atoms with van der Waals surface area (Å²) >= 11 is 0. The molecular weight excluding hydrogens is 364 g/mol. The van der Waals surface area contributed by atoms with Gasteiger partial charge >= 0.3 is 0 Å². The van der Waals surface area contributed by atoms with E-state index in [1.165, 1.54) is 6.42 Å². The lowest BCUT2D eigenvalue weighted by atomic mass is 10.0. The summed E-state index contributed by atoms with van der Waals surface area (Å²) in [5.41, 5.74) is 0.877. The van der Waals surface area contributed by atoms with Crippen LogP contribution in [0.5, 0.6) is 0 Å². The fraction of sp³-hybridized carbons (Fsp3) is 0.455. The normalized spacial score (nSPS) is 17.1. The molecule has 0 bridgehead atoms. The third-order valence-electron chi connectivity index (χ3n) is 5.60. The first-order valence-electron chi connectivity index (χ1n) is 10.4. The molecule has 2 aromatic heterocycles. The molecule has 0 saturated carbocycles. The Labute approximate surface area is 170 Å². The number of hydrogen-bond acceptors (Lipinski definition) is 6. The van der Waals surface area contributed by atoms with Crippen LogP contribution in [0.2, 0.25) is 0 Å². The molecular formula is C22H28N6O. The average molecular weight is 393 g/mol. The maximum Gasteiger partial charge on any atom is 0.267 e. The monoisotopic (exact) mass is 392 g/mol. The second-order valence-electron chi connectivity index (χ2n) is 7.97. The first-order chi connectivity index (χ1) is 14.0. The minimum Gasteiger partial charge on any atom is -0.366 e. The summed E-state index contributed by atoms with van der Waals surface area (Å²) < 4.78 is 1.56. The summed E-state index contributed by atoms with van der Waals surface area (Å²) in [5, 5.41) is 19.1. The van der Waals surface area contributed by atoms with Crippen molar-refractivity contribution < 1.29 is 0 Å². The number of hydrogen-bond donors (Lipinski definition) is 1. The highest BCUT2D eigenvalue weighted by Crippen LogP contribution is 2.25. The molecule has 1 unspecified atom stereocenters. The first-order valence-corrected chi connectivity index (χ1v) is 10.4. The molecule has 0 amide bonds. The van der Waals surface area contributed by atoms with Crippen LogP contribution in [0.25, 0.3) is 10.8 Å². The Balaban J connectivity index is 1.57. The molecule has 1 aromatic carbocycles. The SMILES string of the molecule is Cc1nnc(NCC2CCCCN2c2ccc(=O)n(C(C)C)n2)c2ccccc12. The highest BCUT2D eigenvalue weighted by atomic mass is 16.1. The van der Waals surface area contributed by atoms with Gasteiger partial charge in [-0.1, -0.05) is 24.3 Å². The lowest BCUT2D eigenvalue weighted by Gasteiger charge is -2.37. The van der Waals surface area contributed by atoms with Crippen molar-refractivity contribution in [2.24, 2.45) is 0 Å². The lowest BCUT2D eigenvalue weighted by molar-refractivity contribution is 0.451. The van der Waals surface area contributed by atoms with E-state index in [1.54, 1.807) is 10.7 Å². The Hall–Kier alpha value is -2.96. The van der Waals surface area contributed by atoms with Crippen LogP contribution in [0.3, 0.4) is 0 Å². The summed E-state index contributed by atoms with van der Waals surface area (Å²) in [7, 11) is 0. The van der Waals surface area contributed by atoms with Crippen LogP contribution in [0.1, 0.15) is 44.8 Å². The number of aryl methyl sites for hydroxylation is 1. The van der Waals surface area contributed by atoms with Gasteiger partial charge in [0.15, 0.2) is 5.82 Å². The van der Waals surface area contributed by atoms with Crippen LogP contribution in [0, 0.1) is 6.92 Å². The van der Waals surface area contributed by atoms with Crippen molar-refractivity contribution in [1.82, 2.24) is 20.0 Å². The van der Waals surface area contributed by atoms with E-state index in [9.17, 15) is 4.79 Å². The van der Waals surface area contributed by atoms with Gasteiger partial charge in [-0.05, 0) is 46.1 Å². The largest absolute Gasteiger partial charge is 0.366 e. The topological polar surface area (TPSA) is 75.9 Å². The van der Waals surface area contributed by atoms with E-state index in [1.807, 2.05) is 39.0 Å². The predicted octanol–water partition coefficient (Wildman–Crippen LogP) is 3.55. The van der Waals surface area contributed by atoms with Gasteiger partial charge in [0.1, 0.15) is 5.82 Å². The smallest absolute Gasteiger partial charge is 0.267 e. The molecule has 1 aliphatic heterocycles. The van der Waals surface area contributed by atoms with E-state index >= 15 is 0 Å². The second-order valence-corrected chi connectivity index (χ2v) is 7.97. The molecule has 1 N–H and O–H groups in total. The molecule has 0 radical (unpaired) electrons. The van der Waals surface area contributed by atoms with Crippen molar-refractivity contribution in [1.29, 1.82) is 0 Å². The van der Waals surface area contributed by atoms with Crippen molar-refractivity contribution in [3.05, 3.63) is 52.4 Å². The standard InChI is InChI=1S/C22H28N6O/c1-15(2)28-21(29)12-11-20(26-28)27-13-7-6-8-17(27)14-23-22-19-10-5-4-9-18(19)16(3)24-25-22/h4-5,9-12,15,17H,6-8,13-14H2,1-3H3,(H,23,25). The third kappa shape index (κ3) is 3.95. The fourth-order valence-corrected chi connectivity index (χ4v) is 4.04. The van der Waals surface area contributed by atoms with Gasteiger partial charge in [-0.25, -0.2) is 4.68 Å². The van der Waals surface area contributed by atoms with Gasteiger partial charge in [-0.3, -0.25) is 4.79 Å². The molecule has 0 spiro atoms. The number of anilines is 2. The maximum atomic E-state index is 12.1. The van der Waals surface area contributed by atoms with E-state index in [0.29, 0.717) is 0 Å². The summed E-state index contributed by atoms with van der Waals surface area (Å²) in [4.78, 5) is 14.4. The van der Waals surface area contributed by atoms with Crippen molar-refractivity contribution in [3.63, 3.8) is 0 Å². The summed E-state index contributed by atoms with van der Waals surface area (Å²) in [6.45, 7) is 7.64. The number of nitrogens with one attached hydrogen (secondary N) is 1. The number of fused-ring (bicyclic) bond motifs is 1. The zero-order valence-electron chi connectivity index (χ0n) is 17.3. The molecule has 1 saturated heterocycles. The predicted molar refractivity (Wildman–Crippen MR) is 117 cm³/mol. The zero-order chi connectivity index (χ0) is 20.4. The quantitative estimate of drug-likeness (QED) is 0.716. The van der Waals surface area contributed by atoms with E-state index in [-0.39, 0.29) is 17.6 Å². The summed E-state index contributed by atoms with van der Waals surface area (Å²) in [6, 6.07) is 12.0. The minimum absolute atomic E-state index is 0.0398. The van der Waals surface area contributed by atoms with Crippen LogP contribution in [0.4, 0.5) is 11.6 Å². The number of nitrogens with zero attached hydrogens (tertiary/aromatic N) is 5. The second kappa shape index (κ2) is 8.19. The Morgan fingerprint density at radius 2 is 1.90 bits per heavy atom. The Bertz CT molecular complexity index is 1060. The van der Waals surface area contributed by atoms with Crippen LogP contribution in [-0.4, -0.2) is 39.1 Å². The fourth-order valence-electron chi connectivity index (χ4n) is 4.04. The lowest BCUT2D eigenvalue weighted by Crippen LogP contribution is -2.45. The number of piperidine rings is 1. The Morgan fingerprint density at radius 1 is 1.10 bits per heavy atom.